The van der Waals surface area contributed by atoms with Gasteiger partial charge in [0.05, 0.1) is 10.6 Å². The zero-order valence-corrected chi connectivity index (χ0v) is 16.9. The summed E-state index contributed by atoms with van der Waals surface area (Å²) in [6, 6.07) is 14.1. The summed E-state index contributed by atoms with van der Waals surface area (Å²) < 4.78 is 0. The second-order valence-electron chi connectivity index (χ2n) is 7.71. The van der Waals surface area contributed by atoms with Crippen LogP contribution in [0.15, 0.2) is 42.6 Å². The lowest BCUT2D eigenvalue weighted by Crippen LogP contribution is -2.49. The third-order valence-corrected chi connectivity index (χ3v) is 6.13. The monoisotopic (exact) mass is 395 g/mol. The molecule has 1 unspecified atom stereocenters. The van der Waals surface area contributed by atoms with Gasteiger partial charge in [-0.05, 0) is 49.1 Å². The van der Waals surface area contributed by atoms with Gasteiger partial charge < -0.3 is 9.80 Å². The highest BCUT2D eigenvalue weighted by molar-refractivity contribution is 6.32. The molecule has 0 spiro atoms. The van der Waals surface area contributed by atoms with Gasteiger partial charge in [-0.1, -0.05) is 17.7 Å². The minimum absolute atomic E-state index is 0.546. The molecule has 1 aromatic heterocycles. The van der Waals surface area contributed by atoms with E-state index >= 15 is 0 Å². The van der Waals surface area contributed by atoms with Gasteiger partial charge in [-0.25, -0.2) is 4.98 Å². The summed E-state index contributed by atoms with van der Waals surface area (Å²) in [6.07, 6.45) is 4.35. The SMILES string of the molecule is N#Cc1ccc(N2CCCC(CN3CCN(c4ccccn4)CC3)C2)cc1Cl. The van der Waals surface area contributed by atoms with Gasteiger partial charge >= 0.3 is 0 Å². The number of nitrogens with zero attached hydrogens (tertiary/aromatic N) is 5. The van der Waals surface area contributed by atoms with Crippen molar-refractivity contribution < 1.29 is 0 Å². The zero-order valence-electron chi connectivity index (χ0n) is 16.1. The molecule has 2 aliphatic heterocycles. The maximum absolute atomic E-state index is 9.07. The van der Waals surface area contributed by atoms with Crippen LogP contribution >= 0.6 is 11.6 Å². The van der Waals surface area contributed by atoms with Crippen LogP contribution in [-0.4, -0.2) is 55.7 Å². The third kappa shape index (κ3) is 4.40. The Hall–Kier alpha value is -2.29. The van der Waals surface area contributed by atoms with Crippen LogP contribution in [0.4, 0.5) is 11.5 Å². The summed E-state index contributed by atoms with van der Waals surface area (Å²) in [5.74, 6) is 1.76. The summed E-state index contributed by atoms with van der Waals surface area (Å²) >= 11 is 6.24. The number of piperazine rings is 1. The molecule has 2 saturated heterocycles. The minimum atomic E-state index is 0.546. The number of anilines is 2. The molecule has 5 nitrogen and oxygen atoms in total. The van der Waals surface area contributed by atoms with Crippen molar-refractivity contribution in [1.82, 2.24) is 9.88 Å². The Labute approximate surface area is 172 Å². The number of hydrogen-bond donors (Lipinski definition) is 0. The summed E-state index contributed by atoms with van der Waals surface area (Å²) in [6.45, 7) is 7.54. The molecule has 1 atom stereocenters. The summed E-state index contributed by atoms with van der Waals surface area (Å²) in [7, 11) is 0. The molecule has 0 radical (unpaired) electrons. The highest BCUT2D eigenvalue weighted by atomic mass is 35.5. The van der Waals surface area contributed by atoms with Crippen LogP contribution in [0, 0.1) is 17.2 Å². The van der Waals surface area contributed by atoms with Crippen molar-refractivity contribution >= 4 is 23.1 Å². The first-order valence-corrected chi connectivity index (χ1v) is 10.4. The molecule has 146 valence electrons. The zero-order chi connectivity index (χ0) is 19.3. The van der Waals surface area contributed by atoms with Crippen molar-refractivity contribution in [2.75, 3.05) is 55.6 Å². The van der Waals surface area contributed by atoms with Gasteiger partial charge in [0.15, 0.2) is 0 Å². The Bertz CT molecular complexity index is 827. The number of nitriles is 1. The smallest absolute Gasteiger partial charge is 0.128 e. The van der Waals surface area contributed by atoms with Gasteiger partial charge in [0.1, 0.15) is 11.9 Å². The highest BCUT2D eigenvalue weighted by Gasteiger charge is 2.25. The first-order chi connectivity index (χ1) is 13.7. The van der Waals surface area contributed by atoms with Gasteiger partial charge in [-0.3, -0.25) is 4.90 Å². The summed E-state index contributed by atoms with van der Waals surface area (Å²) in [5.41, 5.74) is 1.68. The molecular weight excluding hydrogens is 370 g/mol. The Morgan fingerprint density at radius 3 is 2.64 bits per heavy atom. The maximum atomic E-state index is 9.07. The second kappa shape index (κ2) is 8.81. The minimum Gasteiger partial charge on any atom is -0.371 e. The van der Waals surface area contributed by atoms with Gasteiger partial charge in [0.25, 0.3) is 0 Å². The van der Waals surface area contributed by atoms with Crippen LogP contribution in [0.2, 0.25) is 5.02 Å². The molecule has 2 fully saturated rings. The van der Waals surface area contributed by atoms with E-state index in [2.05, 4.69) is 37.9 Å². The molecule has 4 rings (SSSR count). The molecule has 0 amide bonds. The number of rotatable bonds is 4. The molecule has 6 heteroatoms. The largest absolute Gasteiger partial charge is 0.371 e. The Morgan fingerprint density at radius 2 is 1.93 bits per heavy atom. The van der Waals surface area contributed by atoms with Crippen LogP contribution in [0.1, 0.15) is 18.4 Å². The van der Waals surface area contributed by atoms with E-state index in [1.54, 1.807) is 0 Å². The molecule has 2 aliphatic rings. The van der Waals surface area contributed by atoms with Gasteiger partial charge in [0, 0.05) is 57.7 Å². The highest BCUT2D eigenvalue weighted by Crippen LogP contribution is 2.28. The molecule has 28 heavy (non-hydrogen) atoms. The number of halogens is 1. The molecular formula is C22H26ClN5. The summed E-state index contributed by atoms with van der Waals surface area (Å²) in [5, 5.41) is 9.62. The van der Waals surface area contributed by atoms with Crippen LogP contribution in [0.3, 0.4) is 0 Å². The average Bonchev–Trinajstić information content (AvgIpc) is 2.75. The molecule has 0 aliphatic carbocycles. The van der Waals surface area contributed by atoms with Crippen molar-refractivity contribution in [3.63, 3.8) is 0 Å². The summed E-state index contributed by atoms with van der Waals surface area (Å²) in [4.78, 5) is 11.9. The molecule has 2 aromatic rings. The molecule has 1 aromatic carbocycles. The molecule has 0 bridgehead atoms. The lowest BCUT2D eigenvalue weighted by Gasteiger charge is -2.40. The van der Waals surface area contributed by atoms with E-state index in [1.807, 2.05) is 30.5 Å². The topological polar surface area (TPSA) is 46.4 Å². The predicted molar refractivity (Wildman–Crippen MR) is 114 cm³/mol. The van der Waals surface area contributed by atoms with E-state index in [0.717, 1.165) is 57.3 Å². The maximum Gasteiger partial charge on any atom is 0.128 e. The third-order valence-electron chi connectivity index (χ3n) is 5.82. The van der Waals surface area contributed by atoms with Crippen molar-refractivity contribution in [2.24, 2.45) is 5.92 Å². The molecule has 0 N–H and O–H groups in total. The van der Waals surface area contributed by atoms with Crippen LogP contribution < -0.4 is 9.80 Å². The predicted octanol–water partition coefficient (Wildman–Crippen LogP) is 3.65. The second-order valence-corrected chi connectivity index (χ2v) is 8.11. The van der Waals surface area contributed by atoms with E-state index in [-0.39, 0.29) is 0 Å². The fourth-order valence-corrected chi connectivity index (χ4v) is 4.52. The number of hydrogen-bond acceptors (Lipinski definition) is 5. The van der Waals surface area contributed by atoms with Crippen LogP contribution in [-0.2, 0) is 0 Å². The Morgan fingerprint density at radius 1 is 1.07 bits per heavy atom. The quantitative estimate of drug-likeness (QED) is 0.790. The number of aromatic nitrogens is 1. The van der Waals surface area contributed by atoms with Crippen LogP contribution in [0.5, 0.6) is 0 Å². The van der Waals surface area contributed by atoms with E-state index in [0.29, 0.717) is 16.5 Å². The lowest BCUT2D eigenvalue weighted by molar-refractivity contribution is 0.205. The standard InChI is InChI=1S/C22H26ClN5/c23-21-14-20(7-6-19(21)15-24)28-9-3-4-18(17-28)16-26-10-12-27(13-11-26)22-5-1-2-8-25-22/h1-2,5-8,14,18H,3-4,9-13,16-17H2. The number of benzene rings is 1. The first kappa shape index (κ1) is 19.0. The Kier molecular flexibility index (Phi) is 5.99. The van der Waals surface area contributed by atoms with Crippen molar-refractivity contribution in [3.8, 4) is 6.07 Å². The molecule has 3 heterocycles. The fourth-order valence-electron chi connectivity index (χ4n) is 4.31. The first-order valence-electron chi connectivity index (χ1n) is 10.1. The van der Waals surface area contributed by atoms with E-state index in [4.69, 9.17) is 16.9 Å². The number of pyridine rings is 1. The normalized spacial score (nSPS) is 20.8. The van der Waals surface area contributed by atoms with Gasteiger partial charge in [0.2, 0.25) is 0 Å². The van der Waals surface area contributed by atoms with Crippen molar-refractivity contribution in [2.45, 2.75) is 12.8 Å². The number of piperidine rings is 1. The van der Waals surface area contributed by atoms with Crippen molar-refractivity contribution in [1.29, 1.82) is 5.26 Å². The van der Waals surface area contributed by atoms with Gasteiger partial charge in [-0.2, -0.15) is 5.26 Å². The Balaban J connectivity index is 1.31. The van der Waals surface area contributed by atoms with Gasteiger partial charge in [-0.15, -0.1) is 0 Å². The van der Waals surface area contributed by atoms with E-state index in [9.17, 15) is 0 Å². The van der Waals surface area contributed by atoms with Crippen LogP contribution in [0.25, 0.3) is 0 Å². The van der Waals surface area contributed by atoms with Crippen molar-refractivity contribution in [3.05, 3.63) is 53.2 Å². The molecule has 0 saturated carbocycles. The fraction of sp³-hybridized carbons (Fsp3) is 0.455. The average molecular weight is 396 g/mol. The van der Waals surface area contributed by atoms with E-state index in [1.165, 1.54) is 12.8 Å². The lowest BCUT2D eigenvalue weighted by atomic mass is 9.96. The van der Waals surface area contributed by atoms with E-state index < -0.39 is 0 Å².